The zero-order valence-electron chi connectivity index (χ0n) is 25.4. The van der Waals surface area contributed by atoms with Gasteiger partial charge in [0.1, 0.15) is 5.82 Å². The third-order valence-corrected chi connectivity index (χ3v) is 9.60. The van der Waals surface area contributed by atoms with Crippen LogP contribution in [0.15, 0.2) is 119 Å². The van der Waals surface area contributed by atoms with Gasteiger partial charge in [-0.3, -0.25) is 19.1 Å². The van der Waals surface area contributed by atoms with E-state index in [1.165, 1.54) is 39.6 Å². The van der Waals surface area contributed by atoms with Crippen LogP contribution in [0.5, 0.6) is 0 Å². The number of amides is 1. The molecule has 1 aliphatic rings. The van der Waals surface area contributed by atoms with Gasteiger partial charge in [0.2, 0.25) is 5.91 Å². The van der Waals surface area contributed by atoms with Gasteiger partial charge < -0.3 is 4.90 Å². The number of thioether (sulfide) groups is 1. The van der Waals surface area contributed by atoms with E-state index < -0.39 is 5.25 Å². The van der Waals surface area contributed by atoms with Crippen molar-refractivity contribution >= 4 is 28.6 Å². The van der Waals surface area contributed by atoms with Crippen LogP contribution >= 0.6 is 11.8 Å². The first kappa shape index (κ1) is 30.7. The number of rotatable bonds is 10. The lowest BCUT2D eigenvalue weighted by Gasteiger charge is -2.40. The SMILES string of the molecule is CCCCC(Sc1nc2ccccc2c(=O)n1-c1ccc(F)cc1)C(=O)N1CCN(C(c2ccccc2)c2ccccc2)CC1. The predicted octanol–water partition coefficient (Wildman–Crippen LogP) is 7.11. The fourth-order valence-corrected chi connectivity index (χ4v) is 7.28. The van der Waals surface area contributed by atoms with Gasteiger partial charge in [0.25, 0.3) is 5.56 Å². The second kappa shape index (κ2) is 14.2. The number of fused-ring (bicyclic) bond motifs is 1. The molecule has 2 heterocycles. The van der Waals surface area contributed by atoms with Gasteiger partial charge in [-0.05, 0) is 53.9 Å². The van der Waals surface area contributed by atoms with Gasteiger partial charge in [0.05, 0.1) is 27.9 Å². The number of carbonyl (C=O) groups is 1. The lowest BCUT2D eigenvalue weighted by Crippen LogP contribution is -2.52. The fourth-order valence-electron chi connectivity index (χ4n) is 6.05. The second-order valence-electron chi connectivity index (χ2n) is 11.4. The Morgan fingerprint density at radius 3 is 2.04 bits per heavy atom. The quantitative estimate of drug-likeness (QED) is 0.123. The van der Waals surface area contributed by atoms with Gasteiger partial charge in [0.15, 0.2) is 5.16 Å². The molecule has 1 saturated heterocycles. The van der Waals surface area contributed by atoms with Crippen molar-refractivity contribution in [1.29, 1.82) is 0 Å². The summed E-state index contributed by atoms with van der Waals surface area (Å²) in [5.41, 5.74) is 3.33. The van der Waals surface area contributed by atoms with Crippen molar-refractivity contribution in [2.75, 3.05) is 26.2 Å². The van der Waals surface area contributed by atoms with Crippen LogP contribution in [0.4, 0.5) is 4.39 Å². The number of carbonyl (C=O) groups excluding carboxylic acids is 1. The molecule has 6 rings (SSSR count). The second-order valence-corrected chi connectivity index (χ2v) is 12.5. The summed E-state index contributed by atoms with van der Waals surface area (Å²) in [5.74, 6) is -0.316. The summed E-state index contributed by atoms with van der Waals surface area (Å²) in [4.78, 5) is 37.2. The molecule has 5 aromatic rings. The summed E-state index contributed by atoms with van der Waals surface area (Å²) in [6.07, 6.45) is 2.49. The van der Waals surface area contributed by atoms with E-state index in [9.17, 15) is 14.0 Å². The average molecular weight is 621 g/mol. The van der Waals surface area contributed by atoms with Crippen molar-refractivity contribution in [2.24, 2.45) is 0 Å². The smallest absolute Gasteiger partial charge is 0.266 e. The summed E-state index contributed by atoms with van der Waals surface area (Å²) in [7, 11) is 0. The minimum absolute atomic E-state index is 0.0668. The molecule has 4 aromatic carbocycles. The molecule has 45 heavy (non-hydrogen) atoms. The molecule has 0 radical (unpaired) electrons. The highest BCUT2D eigenvalue weighted by atomic mass is 32.2. The van der Waals surface area contributed by atoms with Crippen LogP contribution < -0.4 is 5.56 Å². The van der Waals surface area contributed by atoms with E-state index in [-0.39, 0.29) is 23.3 Å². The van der Waals surface area contributed by atoms with Crippen molar-refractivity contribution in [3.05, 3.63) is 136 Å². The lowest BCUT2D eigenvalue weighted by molar-refractivity contribution is -0.132. The van der Waals surface area contributed by atoms with E-state index in [1.807, 2.05) is 29.2 Å². The van der Waals surface area contributed by atoms with Gasteiger partial charge in [-0.25, -0.2) is 9.37 Å². The van der Waals surface area contributed by atoms with Crippen LogP contribution in [0.2, 0.25) is 0 Å². The molecule has 0 aliphatic carbocycles. The minimum Gasteiger partial charge on any atom is -0.339 e. The average Bonchev–Trinajstić information content (AvgIpc) is 3.08. The van der Waals surface area contributed by atoms with Gasteiger partial charge in [-0.1, -0.05) is 104 Å². The Morgan fingerprint density at radius 2 is 1.42 bits per heavy atom. The Bertz CT molecular complexity index is 1750. The number of para-hydroxylation sites is 1. The molecule has 8 heteroatoms. The largest absolute Gasteiger partial charge is 0.339 e. The normalized spacial score (nSPS) is 14.6. The van der Waals surface area contributed by atoms with Crippen molar-refractivity contribution in [1.82, 2.24) is 19.4 Å². The molecule has 1 atom stereocenters. The lowest BCUT2D eigenvalue weighted by atomic mass is 9.96. The monoisotopic (exact) mass is 620 g/mol. The van der Waals surface area contributed by atoms with Crippen LogP contribution in [0, 0.1) is 5.82 Å². The number of piperazine rings is 1. The first-order valence-electron chi connectivity index (χ1n) is 15.6. The molecule has 1 aromatic heterocycles. The number of hydrogen-bond acceptors (Lipinski definition) is 5. The van der Waals surface area contributed by atoms with Crippen LogP contribution in [0.25, 0.3) is 16.6 Å². The van der Waals surface area contributed by atoms with Crippen LogP contribution in [0.1, 0.15) is 43.4 Å². The maximum Gasteiger partial charge on any atom is 0.266 e. The van der Waals surface area contributed by atoms with Gasteiger partial charge in [-0.2, -0.15) is 0 Å². The van der Waals surface area contributed by atoms with E-state index in [4.69, 9.17) is 4.98 Å². The Hall–Kier alpha value is -4.27. The summed E-state index contributed by atoms with van der Waals surface area (Å²) in [6, 6.07) is 34.2. The standard InChI is InChI=1S/C37H37FN4O2S/c1-2-3-18-33(45-37-39-32-17-11-10-16-31(32)35(43)42(37)30-21-19-29(38)20-22-30)36(44)41-25-23-40(24-26-41)34(27-12-6-4-7-13-27)28-14-8-5-9-15-28/h4-17,19-22,33-34H,2-3,18,23-26H2,1H3. The number of benzene rings is 4. The van der Waals surface area contributed by atoms with Crippen molar-refractivity contribution in [3.8, 4) is 5.69 Å². The minimum atomic E-state index is -0.407. The molecule has 230 valence electrons. The molecule has 1 unspecified atom stereocenters. The Balaban J connectivity index is 1.26. The first-order chi connectivity index (χ1) is 22.0. The van der Waals surface area contributed by atoms with Gasteiger partial charge >= 0.3 is 0 Å². The highest BCUT2D eigenvalue weighted by Gasteiger charge is 2.32. The summed E-state index contributed by atoms with van der Waals surface area (Å²) >= 11 is 1.34. The number of hydrogen-bond donors (Lipinski definition) is 0. The van der Waals surface area contributed by atoms with Crippen molar-refractivity contribution in [2.45, 2.75) is 42.6 Å². The maximum atomic E-state index is 14.2. The van der Waals surface area contributed by atoms with Crippen LogP contribution in [0.3, 0.4) is 0 Å². The number of unbranched alkanes of at least 4 members (excludes halogenated alkanes) is 1. The molecule has 0 saturated carbocycles. The molecular formula is C37H37FN4O2S. The molecule has 0 N–H and O–H groups in total. The Morgan fingerprint density at radius 1 is 0.822 bits per heavy atom. The predicted molar refractivity (Wildman–Crippen MR) is 179 cm³/mol. The summed E-state index contributed by atoms with van der Waals surface area (Å²) < 4.78 is 15.3. The number of halogens is 1. The van der Waals surface area contributed by atoms with Gasteiger partial charge in [-0.15, -0.1) is 0 Å². The molecule has 6 nitrogen and oxygen atoms in total. The van der Waals surface area contributed by atoms with E-state index in [0.29, 0.717) is 41.3 Å². The van der Waals surface area contributed by atoms with Crippen molar-refractivity contribution in [3.63, 3.8) is 0 Å². The summed E-state index contributed by atoms with van der Waals surface area (Å²) in [5, 5.41) is 0.507. The number of nitrogens with zero attached hydrogens (tertiary/aromatic N) is 4. The van der Waals surface area contributed by atoms with Crippen molar-refractivity contribution < 1.29 is 9.18 Å². The first-order valence-corrected chi connectivity index (χ1v) is 16.5. The van der Waals surface area contributed by atoms with E-state index in [2.05, 4.69) is 60.4 Å². The topological polar surface area (TPSA) is 58.4 Å². The third-order valence-electron chi connectivity index (χ3n) is 8.39. The molecule has 0 bridgehead atoms. The van der Waals surface area contributed by atoms with E-state index in [1.54, 1.807) is 24.3 Å². The molecule has 0 spiro atoms. The zero-order chi connectivity index (χ0) is 31.2. The Kier molecular flexibility index (Phi) is 9.72. The summed E-state index contributed by atoms with van der Waals surface area (Å²) in [6.45, 7) is 4.85. The molecule has 1 amide bonds. The highest BCUT2D eigenvalue weighted by Crippen LogP contribution is 2.32. The van der Waals surface area contributed by atoms with E-state index in [0.717, 1.165) is 25.9 Å². The van der Waals surface area contributed by atoms with Crippen LogP contribution in [-0.2, 0) is 4.79 Å². The fraction of sp³-hybridized carbons (Fsp3) is 0.270. The maximum absolute atomic E-state index is 14.2. The number of aromatic nitrogens is 2. The van der Waals surface area contributed by atoms with E-state index >= 15 is 0 Å². The third kappa shape index (κ3) is 6.87. The Labute approximate surface area is 267 Å². The zero-order valence-corrected chi connectivity index (χ0v) is 26.2. The van der Waals surface area contributed by atoms with Gasteiger partial charge in [0, 0.05) is 26.2 Å². The van der Waals surface area contributed by atoms with Crippen LogP contribution in [-0.4, -0.2) is 56.7 Å². The molecule has 1 fully saturated rings. The molecule has 1 aliphatic heterocycles. The highest BCUT2D eigenvalue weighted by molar-refractivity contribution is 8.00. The molecular weight excluding hydrogens is 583 g/mol.